The Labute approximate surface area is 112 Å². The summed E-state index contributed by atoms with van der Waals surface area (Å²) < 4.78 is 0. The van der Waals surface area contributed by atoms with Crippen molar-refractivity contribution in [2.45, 2.75) is 6.92 Å². The highest BCUT2D eigenvalue weighted by atomic mass is 16.2. The molecule has 0 saturated carbocycles. The van der Waals surface area contributed by atoms with Crippen molar-refractivity contribution >= 4 is 11.7 Å². The van der Waals surface area contributed by atoms with Crippen LogP contribution in [0.2, 0.25) is 0 Å². The second-order valence-corrected chi connectivity index (χ2v) is 4.34. The molecule has 0 aliphatic heterocycles. The van der Waals surface area contributed by atoms with Crippen LogP contribution in [0.25, 0.3) is 0 Å². The van der Waals surface area contributed by atoms with Crippen LogP contribution in [0.15, 0.2) is 54.6 Å². The van der Waals surface area contributed by atoms with E-state index in [9.17, 15) is 9.59 Å². The third-order valence-corrected chi connectivity index (χ3v) is 2.82. The fraction of sp³-hybridized carbons (Fsp3) is 0.125. The summed E-state index contributed by atoms with van der Waals surface area (Å²) in [6.07, 6.45) is 0. The predicted molar refractivity (Wildman–Crippen MR) is 74.3 cm³/mol. The van der Waals surface area contributed by atoms with E-state index in [1.54, 1.807) is 36.4 Å². The first-order valence-corrected chi connectivity index (χ1v) is 6.10. The minimum atomic E-state index is -0.232. The van der Waals surface area contributed by atoms with Gasteiger partial charge in [0.25, 0.3) is 5.91 Å². The van der Waals surface area contributed by atoms with Gasteiger partial charge in [-0.1, -0.05) is 48.0 Å². The van der Waals surface area contributed by atoms with Crippen LogP contribution in [0.3, 0.4) is 0 Å². The quantitative estimate of drug-likeness (QED) is 0.851. The Kier molecular flexibility index (Phi) is 4.08. The van der Waals surface area contributed by atoms with Gasteiger partial charge in [-0.05, 0) is 19.1 Å². The summed E-state index contributed by atoms with van der Waals surface area (Å²) in [6, 6.07) is 16.2. The number of benzene rings is 2. The van der Waals surface area contributed by atoms with E-state index in [-0.39, 0.29) is 18.2 Å². The summed E-state index contributed by atoms with van der Waals surface area (Å²) in [5, 5.41) is 2.63. The van der Waals surface area contributed by atoms with Crippen molar-refractivity contribution in [3.05, 3.63) is 71.3 Å². The first kappa shape index (κ1) is 13.0. The van der Waals surface area contributed by atoms with Crippen molar-refractivity contribution in [1.82, 2.24) is 5.32 Å². The number of amides is 1. The van der Waals surface area contributed by atoms with Gasteiger partial charge in [-0.15, -0.1) is 0 Å². The van der Waals surface area contributed by atoms with Gasteiger partial charge in [-0.2, -0.15) is 0 Å². The minimum absolute atomic E-state index is 0.0106. The van der Waals surface area contributed by atoms with Crippen molar-refractivity contribution in [2.24, 2.45) is 0 Å². The highest BCUT2D eigenvalue weighted by molar-refractivity contribution is 6.02. The van der Waals surface area contributed by atoms with Gasteiger partial charge < -0.3 is 5.32 Å². The van der Waals surface area contributed by atoms with E-state index < -0.39 is 0 Å². The van der Waals surface area contributed by atoms with Crippen molar-refractivity contribution in [1.29, 1.82) is 0 Å². The molecule has 0 aliphatic carbocycles. The monoisotopic (exact) mass is 253 g/mol. The maximum absolute atomic E-state index is 11.8. The van der Waals surface area contributed by atoms with Crippen LogP contribution in [-0.2, 0) is 0 Å². The molecule has 0 fully saturated rings. The van der Waals surface area contributed by atoms with Crippen LogP contribution < -0.4 is 5.32 Å². The third-order valence-electron chi connectivity index (χ3n) is 2.82. The molecule has 0 saturated heterocycles. The first-order chi connectivity index (χ1) is 9.16. The maximum Gasteiger partial charge on any atom is 0.251 e. The standard InChI is InChI=1S/C16H15NO2/c1-12-7-9-14(10-8-12)16(19)17-11-15(18)13-5-3-2-4-6-13/h2-10H,11H2,1H3,(H,17,19). The lowest BCUT2D eigenvalue weighted by Gasteiger charge is -2.05. The number of carbonyl (C=O) groups excluding carboxylic acids is 2. The molecule has 3 nitrogen and oxygen atoms in total. The number of carbonyl (C=O) groups is 2. The van der Waals surface area contributed by atoms with Crippen LogP contribution in [0, 0.1) is 6.92 Å². The molecule has 0 aliphatic rings. The summed E-state index contributed by atoms with van der Waals surface area (Å²) in [5.41, 5.74) is 2.26. The van der Waals surface area contributed by atoms with E-state index in [2.05, 4.69) is 5.32 Å². The van der Waals surface area contributed by atoms with Crippen LogP contribution >= 0.6 is 0 Å². The predicted octanol–water partition coefficient (Wildman–Crippen LogP) is 2.61. The summed E-state index contributed by atoms with van der Waals surface area (Å²) in [6.45, 7) is 1.97. The summed E-state index contributed by atoms with van der Waals surface area (Å²) in [5.74, 6) is -0.328. The largest absolute Gasteiger partial charge is 0.345 e. The van der Waals surface area contributed by atoms with Crippen molar-refractivity contribution in [3.63, 3.8) is 0 Å². The zero-order valence-corrected chi connectivity index (χ0v) is 10.7. The van der Waals surface area contributed by atoms with Gasteiger partial charge in [-0.3, -0.25) is 9.59 Å². The summed E-state index contributed by atoms with van der Waals surface area (Å²) in [7, 11) is 0. The van der Waals surface area contributed by atoms with Gasteiger partial charge in [0.05, 0.1) is 6.54 Å². The van der Waals surface area contributed by atoms with E-state index >= 15 is 0 Å². The van der Waals surface area contributed by atoms with E-state index in [0.717, 1.165) is 5.56 Å². The molecule has 2 aromatic rings. The van der Waals surface area contributed by atoms with E-state index in [1.165, 1.54) is 0 Å². The van der Waals surface area contributed by atoms with Crippen LogP contribution in [0.1, 0.15) is 26.3 Å². The number of ketones is 1. The van der Waals surface area contributed by atoms with Gasteiger partial charge in [0.15, 0.2) is 5.78 Å². The average molecular weight is 253 g/mol. The van der Waals surface area contributed by atoms with Gasteiger partial charge in [-0.25, -0.2) is 0 Å². The normalized spacial score (nSPS) is 9.95. The SMILES string of the molecule is Cc1ccc(C(=O)NCC(=O)c2ccccc2)cc1. The Hall–Kier alpha value is -2.42. The second kappa shape index (κ2) is 5.96. The molecule has 2 aromatic carbocycles. The lowest BCUT2D eigenvalue weighted by Crippen LogP contribution is -2.29. The molecule has 96 valence electrons. The van der Waals surface area contributed by atoms with Crippen molar-refractivity contribution in [3.8, 4) is 0 Å². The molecule has 19 heavy (non-hydrogen) atoms. The molecule has 2 rings (SSSR count). The highest BCUT2D eigenvalue weighted by Crippen LogP contribution is 2.03. The first-order valence-electron chi connectivity index (χ1n) is 6.10. The Morgan fingerprint density at radius 3 is 2.16 bits per heavy atom. The summed E-state index contributed by atoms with van der Waals surface area (Å²) >= 11 is 0. The third kappa shape index (κ3) is 3.52. The Morgan fingerprint density at radius 2 is 1.53 bits per heavy atom. The van der Waals surface area contributed by atoms with E-state index in [4.69, 9.17) is 0 Å². The fourth-order valence-corrected chi connectivity index (χ4v) is 1.69. The number of nitrogens with one attached hydrogen (secondary N) is 1. The second-order valence-electron chi connectivity index (χ2n) is 4.34. The van der Waals surface area contributed by atoms with Gasteiger partial charge >= 0.3 is 0 Å². The lowest BCUT2D eigenvalue weighted by molar-refractivity contribution is 0.0904. The smallest absolute Gasteiger partial charge is 0.251 e. The summed E-state index contributed by atoms with van der Waals surface area (Å²) in [4.78, 5) is 23.6. The van der Waals surface area contributed by atoms with Gasteiger partial charge in [0.1, 0.15) is 0 Å². The zero-order valence-electron chi connectivity index (χ0n) is 10.7. The van der Waals surface area contributed by atoms with E-state index in [1.807, 2.05) is 25.1 Å². The molecule has 1 amide bonds. The number of Topliss-reactive ketones (excluding diaryl/α,β-unsaturated/α-hetero) is 1. The fourth-order valence-electron chi connectivity index (χ4n) is 1.69. The molecule has 1 N–H and O–H groups in total. The molecule has 0 aromatic heterocycles. The molecule has 0 bridgehead atoms. The van der Waals surface area contributed by atoms with Crippen LogP contribution in [0.5, 0.6) is 0 Å². The van der Waals surface area contributed by atoms with Crippen LogP contribution in [-0.4, -0.2) is 18.2 Å². The number of rotatable bonds is 4. The van der Waals surface area contributed by atoms with E-state index in [0.29, 0.717) is 11.1 Å². The molecular weight excluding hydrogens is 238 g/mol. The van der Waals surface area contributed by atoms with Crippen LogP contribution in [0.4, 0.5) is 0 Å². The maximum atomic E-state index is 11.8. The van der Waals surface area contributed by atoms with Gasteiger partial charge in [0.2, 0.25) is 0 Å². The molecular formula is C16H15NO2. The highest BCUT2D eigenvalue weighted by Gasteiger charge is 2.09. The molecule has 3 heteroatoms. The Balaban J connectivity index is 1.94. The average Bonchev–Trinajstić information content (AvgIpc) is 2.46. The Morgan fingerprint density at radius 1 is 0.895 bits per heavy atom. The number of hydrogen-bond acceptors (Lipinski definition) is 2. The Bertz CT molecular complexity index is 573. The zero-order chi connectivity index (χ0) is 13.7. The van der Waals surface area contributed by atoms with Gasteiger partial charge in [0, 0.05) is 11.1 Å². The molecule has 0 atom stereocenters. The molecule has 0 radical (unpaired) electrons. The topological polar surface area (TPSA) is 46.2 Å². The van der Waals surface area contributed by atoms with Crippen molar-refractivity contribution in [2.75, 3.05) is 6.54 Å². The molecule has 0 unspecified atom stereocenters. The molecule has 0 heterocycles. The minimum Gasteiger partial charge on any atom is -0.345 e. The van der Waals surface area contributed by atoms with Crippen molar-refractivity contribution < 1.29 is 9.59 Å². The molecule has 0 spiro atoms. The lowest BCUT2D eigenvalue weighted by atomic mass is 10.1. The number of aryl methyl sites for hydroxylation is 1. The number of hydrogen-bond donors (Lipinski definition) is 1.